The summed E-state index contributed by atoms with van der Waals surface area (Å²) in [4.78, 5) is 7.85. The highest BCUT2D eigenvalue weighted by molar-refractivity contribution is 5.43. The highest BCUT2D eigenvalue weighted by Crippen LogP contribution is 2.01. The van der Waals surface area contributed by atoms with E-state index in [1.54, 1.807) is 17.0 Å². The number of fused-ring (bicyclic) bond motifs is 1. The molecule has 0 saturated heterocycles. The van der Waals surface area contributed by atoms with Gasteiger partial charge in [-0.1, -0.05) is 0 Å². The largest absolute Gasteiger partial charge is 0.225 e. The molecule has 0 unspecified atom stereocenters. The van der Waals surface area contributed by atoms with Crippen molar-refractivity contribution in [2.24, 2.45) is 0 Å². The number of aryl methyl sites for hydroxylation is 1. The molecule has 2 rings (SSSR count). The minimum atomic E-state index is 0.870. The molecule has 2 heterocycles. The summed E-state index contributed by atoms with van der Waals surface area (Å²) in [6.07, 6.45) is 4.92. The fourth-order valence-electron chi connectivity index (χ4n) is 0.868. The van der Waals surface area contributed by atoms with Crippen molar-refractivity contribution in [3.8, 4) is 0 Å². The van der Waals surface area contributed by atoms with Crippen molar-refractivity contribution in [3.05, 3.63) is 24.4 Å². The van der Waals surface area contributed by atoms with Crippen LogP contribution in [0.2, 0.25) is 0 Å². The van der Waals surface area contributed by atoms with Crippen LogP contribution >= 0.6 is 0 Å². The monoisotopic (exact) mass is 134 g/mol. The van der Waals surface area contributed by atoms with Crippen molar-refractivity contribution in [1.82, 2.24) is 19.6 Å². The topological polar surface area (TPSA) is 43.1 Å². The van der Waals surface area contributed by atoms with Crippen LogP contribution in [0, 0.1) is 6.92 Å². The Morgan fingerprint density at radius 1 is 1.50 bits per heavy atom. The lowest BCUT2D eigenvalue weighted by molar-refractivity contribution is 0.891. The molecule has 0 atom stereocenters. The number of hydrogen-bond acceptors (Lipinski definition) is 3. The molecule has 0 aliphatic heterocycles. The highest BCUT2D eigenvalue weighted by atomic mass is 15.3. The molecule has 4 nitrogen and oxygen atoms in total. The summed E-state index contributed by atoms with van der Waals surface area (Å²) in [5, 5.41) is 4.01. The van der Waals surface area contributed by atoms with Gasteiger partial charge in [0.05, 0.1) is 6.20 Å². The number of hydrogen-bond donors (Lipinski definition) is 0. The maximum atomic E-state index is 4.03. The van der Waals surface area contributed by atoms with Crippen LogP contribution in [-0.2, 0) is 0 Å². The van der Waals surface area contributed by atoms with Gasteiger partial charge in [-0.25, -0.2) is 14.5 Å². The summed E-state index contributed by atoms with van der Waals surface area (Å²) in [5.41, 5.74) is 1.94. The fraction of sp³-hybridized carbons (Fsp3) is 0.167. The van der Waals surface area contributed by atoms with Gasteiger partial charge in [0.1, 0.15) is 12.7 Å². The molecule has 10 heavy (non-hydrogen) atoms. The molecule has 0 aliphatic carbocycles. The molecule has 0 aromatic carbocycles. The Balaban J connectivity index is 2.93. The summed E-state index contributed by atoms with van der Waals surface area (Å²) >= 11 is 0. The van der Waals surface area contributed by atoms with E-state index in [4.69, 9.17) is 0 Å². The van der Waals surface area contributed by atoms with Gasteiger partial charge in [-0.2, -0.15) is 5.10 Å². The van der Waals surface area contributed by atoms with E-state index in [2.05, 4.69) is 15.1 Å². The van der Waals surface area contributed by atoms with Crippen LogP contribution in [0.4, 0.5) is 0 Å². The van der Waals surface area contributed by atoms with Gasteiger partial charge in [0.2, 0.25) is 0 Å². The van der Waals surface area contributed by atoms with Crippen LogP contribution in [0.1, 0.15) is 5.56 Å². The van der Waals surface area contributed by atoms with E-state index >= 15 is 0 Å². The third kappa shape index (κ3) is 0.586. The molecule has 50 valence electrons. The van der Waals surface area contributed by atoms with Gasteiger partial charge in [-0.15, -0.1) is 0 Å². The summed E-state index contributed by atoms with van der Waals surface area (Å²) < 4.78 is 1.65. The normalized spacial score (nSPS) is 10.5. The predicted octanol–water partition coefficient (Wildman–Crippen LogP) is 0.433. The van der Waals surface area contributed by atoms with Crippen molar-refractivity contribution >= 4 is 5.65 Å². The van der Waals surface area contributed by atoms with Crippen LogP contribution in [0.5, 0.6) is 0 Å². The van der Waals surface area contributed by atoms with Crippen LogP contribution in [0.3, 0.4) is 0 Å². The Morgan fingerprint density at radius 3 is 3.20 bits per heavy atom. The molecule has 4 heteroatoms. The Kier molecular flexibility index (Phi) is 0.943. The second-order valence-corrected chi connectivity index (χ2v) is 2.10. The zero-order valence-corrected chi connectivity index (χ0v) is 5.52. The molecule has 0 amide bonds. The van der Waals surface area contributed by atoms with Crippen LogP contribution in [-0.4, -0.2) is 19.6 Å². The van der Waals surface area contributed by atoms with Gasteiger partial charge in [-0.3, -0.25) is 0 Å². The second kappa shape index (κ2) is 1.76. The first kappa shape index (κ1) is 5.34. The maximum Gasteiger partial charge on any atom is 0.161 e. The average molecular weight is 134 g/mol. The lowest BCUT2D eigenvalue weighted by Gasteiger charge is -1.87. The summed E-state index contributed by atoms with van der Waals surface area (Å²) in [6, 6.07) is 0. The van der Waals surface area contributed by atoms with Crippen LogP contribution < -0.4 is 0 Å². The molecular formula is C6H6N4. The third-order valence-corrected chi connectivity index (χ3v) is 1.37. The minimum Gasteiger partial charge on any atom is -0.225 e. The Morgan fingerprint density at radius 2 is 2.40 bits per heavy atom. The van der Waals surface area contributed by atoms with Crippen LogP contribution in [0.15, 0.2) is 18.9 Å². The van der Waals surface area contributed by atoms with Gasteiger partial charge < -0.3 is 0 Å². The molecule has 0 N–H and O–H groups in total. The van der Waals surface area contributed by atoms with E-state index in [0.29, 0.717) is 0 Å². The molecule has 0 radical (unpaired) electrons. The maximum absolute atomic E-state index is 4.03. The van der Waals surface area contributed by atoms with E-state index in [1.165, 1.54) is 6.33 Å². The first-order valence-electron chi connectivity index (χ1n) is 2.98. The zero-order chi connectivity index (χ0) is 6.97. The van der Waals surface area contributed by atoms with Crippen molar-refractivity contribution in [2.75, 3.05) is 0 Å². The van der Waals surface area contributed by atoms with Crippen LogP contribution in [0.25, 0.3) is 5.65 Å². The number of nitrogens with zero attached hydrogens (tertiary/aromatic N) is 4. The van der Waals surface area contributed by atoms with Crippen molar-refractivity contribution < 1.29 is 0 Å². The van der Waals surface area contributed by atoms with Gasteiger partial charge in [0.25, 0.3) is 0 Å². The number of aromatic nitrogens is 4. The summed E-state index contributed by atoms with van der Waals surface area (Å²) in [7, 11) is 0. The molecule has 0 bridgehead atoms. The number of rotatable bonds is 0. The fourth-order valence-corrected chi connectivity index (χ4v) is 0.868. The van der Waals surface area contributed by atoms with Crippen molar-refractivity contribution in [2.45, 2.75) is 6.92 Å². The van der Waals surface area contributed by atoms with Gasteiger partial charge in [0, 0.05) is 5.56 Å². The first-order chi connectivity index (χ1) is 4.88. The predicted molar refractivity (Wildman–Crippen MR) is 35.5 cm³/mol. The molecule has 2 aromatic rings. The lowest BCUT2D eigenvalue weighted by atomic mass is 10.4. The second-order valence-electron chi connectivity index (χ2n) is 2.10. The van der Waals surface area contributed by atoms with Crippen molar-refractivity contribution in [3.63, 3.8) is 0 Å². The Hall–Kier alpha value is -1.45. The van der Waals surface area contributed by atoms with Gasteiger partial charge in [0.15, 0.2) is 5.65 Å². The lowest BCUT2D eigenvalue weighted by Crippen LogP contribution is -1.90. The van der Waals surface area contributed by atoms with E-state index in [9.17, 15) is 0 Å². The Labute approximate surface area is 57.5 Å². The standard InChI is InChI=1S/C6H6N4/c1-5-2-9-10-4-7-3-8-6(5)10/h2-4H,1H3. The average Bonchev–Trinajstić information content (AvgIpc) is 2.34. The van der Waals surface area contributed by atoms with E-state index in [1.807, 2.05) is 6.92 Å². The van der Waals surface area contributed by atoms with E-state index in [0.717, 1.165) is 11.2 Å². The molecule has 0 aliphatic rings. The van der Waals surface area contributed by atoms with E-state index < -0.39 is 0 Å². The molecule has 0 spiro atoms. The minimum absolute atomic E-state index is 0.870. The molecule has 0 saturated carbocycles. The first-order valence-corrected chi connectivity index (χ1v) is 2.98. The van der Waals surface area contributed by atoms with Gasteiger partial charge in [-0.05, 0) is 6.92 Å². The zero-order valence-electron chi connectivity index (χ0n) is 5.52. The smallest absolute Gasteiger partial charge is 0.161 e. The molecule has 0 fully saturated rings. The summed E-state index contributed by atoms with van der Waals surface area (Å²) in [6.45, 7) is 1.97. The molecular weight excluding hydrogens is 128 g/mol. The highest BCUT2D eigenvalue weighted by Gasteiger charge is 1.96. The van der Waals surface area contributed by atoms with Crippen molar-refractivity contribution in [1.29, 1.82) is 0 Å². The molecule has 2 aromatic heterocycles. The SMILES string of the molecule is Cc1cnn2cncnc12. The Bertz CT molecular complexity index is 351. The third-order valence-electron chi connectivity index (χ3n) is 1.37. The summed E-state index contributed by atoms with van der Waals surface area (Å²) in [5.74, 6) is 0. The van der Waals surface area contributed by atoms with E-state index in [-0.39, 0.29) is 0 Å². The van der Waals surface area contributed by atoms with Gasteiger partial charge >= 0.3 is 0 Å². The quantitative estimate of drug-likeness (QED) is 0.524.